The SMILES string of the molecule is COC(=O)CC[C@@H](C)[C@H]1CC[C@H]2[C@@H]3[C@H](O)C[C@@H]4C[C@H](N=[N+]=[N-])CC[C@]4(C)[C@H]3CC[C@]12C. The molecule has 6 heteroatoms. The van der Waals surface area contributed by atoms with Crippen LogP contribution in [-0.2, 0) is 9.53 Å². The second kappa shape index (κ2) is 8.59. The Morgan fingerprint density at radius 2 is 1.87 bits per heavy atom. The summed E-state index contributed by atoms with van der Waals surface area (Å²) in [5.74, 6) is 3.06. The lowest BCUT2D eigenvalue weighted by atomic mass is 9.43. The lowest BCUT2D eigenvalue weighted by molar-refractivity contribution is -0.166. The molecule has 0 spiro atoms. The largest absolute Gasteiger partial charge is 0.469 e. The smallest absolute Gasteiger partial charge is 0.305 e. The number of hydrogen-bond donors (Lipinski definition) is 1. The van der Waals surface area contributed by atoms with E-state index in [2.05, 4.69) is 30.8 Å². The zero-order chi connectivity index (χ0) is 22.4. The minimum atomic E-state index is -0.235. The quantitative estimate of drug-likeness (QED) is 0.255. The number of nitrogens with zero attached hydrogens (tertiary/aromatic N) is 3. The molecule has 0 aromatic rings. The number of fused-ring (bicyclic) bond motifs is 5. The first kappa shape index (κ1) is 22.9. The van der Waals surface area contributed by atoms with Crippen LogP contribution in [0.2, 0.25) is 0 Å². The molecule has 0 bridgehead atoms. The Balaban J connectivity index is 1.52. The third-order valence-electron chi connectivity index (χ3n) is 10.7. The van der Waals surface area contributed by atoms with E-state index in [1.807, 2.05) is 0 Å². The summed E-state index contributed by atoms with van der Waals surface area (Å²) in [6.07, 6.45) is 9.97. The van der Waals surface area contributed by atoms with E-state index in [0.29, 0.717) is 41.9 Å². The zero-order valence-corrected chi connectivity index (χ0v) is 19.8. The van der Waals surface area contributed by atoms with Crippen molar-refractivity contribution in [1.82, 2.24) is 0 Å². The van der Waals surface area contributed by atoms with E-state index in [1.54, 1.807) is 0 Å². The van der Waals surface area contributed by atoms with Crippen molar-refractivity contribution < 1.29 is 14.6 Å². The Morgan fingerprint density at radius 3 is 2.58 bits per heavy atom. The van der Waals surface area contributed by atoms with E-state index in [4.69, 9.17) is 10.3 Å². The fourth-order valence-corrected chi connectivity index (χ4v) is 9.00. The van der Waals surface area contributed by atoms with Gasteiger partial charge in [-0.2, -0.15) is 0 Å². The van der Waals surface area contributed by atoms with Gasteiger partial charge in [0.05, 0.1) is 13.2 Å². The van der Waals surface area contributed by atoms with Crippen molar-refractivity contribution in [3.63, 3.8) is 0 Å². The molecule has 4 fully saturated rings. The van der Waals surface area contributed by atoms with Gasteiger partial charge >= 0.3 is 5.97 Å². The lowest BCUT2D eigenvalue weighted by Crippen LogP contribution is -2.58. The van der Waals surface area contributed by atoms with Gasteiger partial charge in [0.2, 0.25) is 0 Å². The third-order valence-corrected chi connectivity index (χ3v) is 10.7. The highest BCUT2D eigenvalue weighted by molar-refractivity contribution is 5.69. The molecule has 0 aliphatic heterocycles. The van der Waals surface area contributed by atoms with Gasteiger partial charge in [-0.3, -0.25) is 4.79 Å². The number of methoxy groups -OCH3 is 1. The fourth-order valence-electron chi connectivity index (χ4n) is 9.00. The van der Waals surface area contributed by atoms with Gasteiger partial charge in [-0.25, -0.2) is 0 Å². The number of hydrogen-bond acceptors (Lipinski definition) is 4. The molecule has 4 rings (SSSR count). The third kappa shape index (κ3) is 3.78. The minimum absolute atomic E-state index is 0.103. The van der Waals surface area contributed by atoms with Crippen molar-refractivity contribution in [1.29, 1.82) is 0 Å². The van der Waals surface area contributed by atoms with Gasteiger partial charge in [0.15, 0.2) is 0 Å². The molecule has 174 valence electrons. The molecule has 1 N–H and O–H groups in total. The predicted octanol–water partition coefficient (Wildman–Crippen LogP) is 5.88. The van der Waals surface area contributed by atoms with Crippen molar-refractivity contribution in [3.05, 3.63) is 10.4 Å². The molecular weight excluding hydrogens is 390 g/mol. The maximum absolute atomic E-state index is 11.7. The molecule has 10 atom stereocenters. The van der Waals surface area contributed by atoms with Gasteiger partial charge in [-0.1, -0.05) is 25.9 Å². The number of ether oxygens (including phenoxy) is 1. The average Bonchev–Trinajstić information content (AvgIpc) is 3.10. The van der Waals surface area contributed by atoms with Crippen LogP contribution in [0.15, 0.2) is 5.11 Å². The van der Waals surface area contributed by atoms with Crippen LogP contribution >= 0.6 is 0 Å². The molecule has 0 aromatic heterocycles. The lowest BCUT2D eigenvalue weighted by Gasteiger charge is -2.62. The highest BCUT2D eigenvalue weighted by Gasteiger charge is 2.62. The zero-order valence-electron chi connectivity index (χ0n) is 19.8. The number of carbonyl (C=O) groups excluding carboxylic acids is 1. The number of aliphatic hydroxyl groups excluding tert-OH is 1. The Bertz CT molecular complexity index is 738. The van der Waals surface area contributed by atoms with Crippen LogP contribution < -0.4 is 0 Å². The van der Waals surface area contributed by atoms with Crippen LogP contribution in [-0.4, -0.2) is 30.3 Å². The molecule has 0 amide bonds. The molecule has 0 heterocycles. The Kier molecular flexibility index (Phi) is 6.35. The predicted molar refractivity (Wildman–Crippen MR) is 120 cm³/mol. The average molecular weight is 432 g/mol. The second-order valence-corrected chi connectivity index (χ2v) is 11.7. The Hall–Kier alpha value is -1.26. The monoisotopic (exact) mass is 431 g/mol. The minimum Gasteiger partial charge on any atom is -0.469 e. The van der Waals surface area contributed by atoms with Gasteiger partial charge in [-0.05, 0) is 110 Å². The van der Waals surface area contributed by atoms with Gasteiger partial charge < -0.3 is 9.84 Å². The number of carbonyl (C=O) groups is 1. The topological polar surface area (TPSA) is 95.3 Å². The van der Waals surface area contributed by atoms with E-state index in [-0.39, 0.29) is 28.9 Å². The highest BCUT2D eigenvalue weighted by atomic mass is 16.5. The van der Waals surface area contributed by atoms with Crippen molar-refractivity contribution in [2.24, 2.45) is 51.5 Å². The molecule has 31 heavy (non-hydrogen) atoms. The van der Waals surface area contributed by atoms with E-state index < -0.39 is 0 Å². The van der Waals surface area contributed by atoms with E-state index in [9.17, 15) is 9.90 Å². The standard InChI is InChI=1S/C25H41N3O3/c1-15(5-8-22(30)31-4)18-6-7-19-23-20(10-12-25(18,19)3)24(2)11-9-17(27-28-26)13-16(24)14-21(23)29/h15-21,23,29H,5-14H2,1-4H3/t15-,16+,17-,18-,19+,20+,21-,23+,24+,25-/m1/s1. The molecular formula is C25H41N3O3. The first-order chi connectivity index (χ1) is 14.7. The molecule has 4 saturated carbocycles. The second-order valence-electron chi connectivity index (χ2n) is 11.7. The van der Waals surface area contributed by atoms with Crippen LogP contribution in [0.1, 0.15) is 85.0 Å². The van der Waals surface area contributed by atoms with E-state index in [0.717, 1.165) is 32.1 Å². The number of rotatable bonds is 5. The van der Waals surface area contributed by atoms with Crippen LogP contribution in [0.25, 0.3) is 10.4 Å². The number of esters is 1. The molecule has 6 nitrogen and oxygen atoms in total. The molecule has 4 aliphatic carbocycles. The maximum Gasteiger partial charge on any atom is 0.305 e. The summed E-state index contributed by atoms with van der Waals surface area (Å²) in [5.41, 5.74) is 9.42. The number of aliphatic hydroxyl groups is 1. The van der Waals surface area contributed by atoms with Crippen LogP contribution in [0.4, 0.5) is 0 Å². The summed E-state index contributed by atoms with van der Waals surface area (Å²) in [4.78, 5) is 14.7. The van der Waals surface area contributed by atoms with Gasteiger partial charge in [0.25, 0.3) is 0 Å². The Morgan fingerprint density at radius 1 is 1.16 bits per heavy atom. The van der Waals surface area contributed by atoms with Crippen molar-refractivity contribution >= 4 is 5.97 Å². The van der Waals surface area contributed by atoms with Gasteiger partial charge in [0, 0.05) is 17.4 Å². The molecule has 0 saturated heterocycles. The van der Waals surface area contributed by atoms with Crippen molar-refractivity contribution in [2.75, 3.05) is 7.11 Å². The van der Waals surface area contributed by atoms with Gasteiger partial charge in [-0.15, -0.1) is 0 Å². The summed E-state index contributed by atoms with van der Waals surface area (Å²) in [5, 5.41) is 15.4. The maximum atomic E-state index is 11.7. The van der Waals surface area contributed by atoms with Crippen molar-refractivity contribution in [2.45, 2.75) is 97.1 Å². The van der Waals surface area contributed by atoms with E-state index in [1.165, 1.54) is 32.8 Å². The van der Waals surface area contributed by atoms with E-state index >= 15 is 0 Å². The molecule has 0 unspecified atom stereocenters. The summed E-state index contributed by atoms with van der Waals surface area (Å²) >= 11 is 0. The van der Waals surface area contributed by atoms with Crippen LogP contribution in [0.5, 0.6) is 0 Å². The first-order valence-electron chi connectivity index (χ1n) is 12.5. The highest BCUT2D eigenvalue weighted by Crippen LogP contribution is 2.68. The summed E-state index contributed by atoms with van der Waals surface area (Å²) in [6.45, 7) is 7.28. The molecule has 0 aromatic carbocycles. The Labute approximate surface area is 187 Å². The molecule has 0 radical (unpaired) electrons. The van der Waals surface area contributed by atoms with Gasteiger partial charge in [0.1, 0.15) is 0 Å². The number of azide groups is 1. The van der Waals surface area contributed by atoms with Crippen LogP contribution in [0, 0.1) is 46.3 Å². The normalized spacial score (nSPS) is 47.3. The van der Waals surface area contributed by atoms with Crippen molar-refractivity contribution in [3.8, 4) is 0 Å². The summed E-state index contributed by atoms with van der Waals surface area (Å²) in [6, 6.07) is 0.104. The summed E-state index contributed by atoms with van der Waals surface area (Å²) in [7, 11) is 1.47. The van der Waals surface area contributed by atoms with Crippen LogP contribution in [0.3, 0.4) is 0 Å². The fraction of sp³-hybridized carbons (Fsp3) is 0.960. The molecule has 4 aliphatic rings. The first-order valence-corrected chi connectivity index (χ1v) is 12.5. The summed E-state index contributed by atoms with van der Waals surface area (Å²) < 4.78 is 4.87.